The highest BCUT2D eigenvalue weighted by Gasteiger charge is 2.26. The van der Waals surface area contributed by atoms with Crippen LogP contribution in [0.15, 0.2) is 16.9 Å². The van der Waals surface area contributed by atoms with Crippen LogP contribution >= 0.6 is 0 Å². The van der Waals surface area contributed by atoms with Gasteiger partial charge in [0.15, 0.2) is 0 Å². The van der Waals surface area contributed by atoms with Crippen LogP contribution in [0.4, 0.5) is 0 Å². The van der Waals surface area contributed by atoms with Crippen molar-refractivity contribution in [3.05, 3.63) is 28.2 Å². The van der Waals surface area contributed by atoms with Crippen LogP contribution in [0.2, 0.25) is 0 Å². The summed E-state index contributed by atoms with van der Waals surface area (Å²) in [6.07, 6.45) is 0.731. The first-order valence-electron chi connectivity index (χ1n) is 6.87. The number of aryl methyl sites for hydroxylation is 1. The van der Waals surface area contributed by atoms with Crippen molar-refractivity contribution >= 4 is 11.9 Å². The van der Waals surface area contributed by atoms with Gasteiger partial charge in [-0.3, -0.25) is 9.59 Å². The summed E-state index contributed by atoms with van der Waals surface area (Å²) in [4.78, 5) is 35.3. The minimum absolute atomic E-state index is 0.0950. The summed E-state index contributed by atoms with van der Waals surface area (Å²) < 4.78 is 5.90. The Labute approximate surface area is 123 Å². The molecule has 116 valence electrons. The molecule has 1 amide bonds. The van der Waals surface area contributed by atoms with Gasteiger partial charge in [0, 0.05) is 12.6 Å². The van der Waals surface area contributed by atoms with Crippen LogP contribution in [0.3, 0.4) is 0 Å². The van der Waals surface area contributed by atoms with Crippen LogP contribution in [0.25, 0.3) is 0 Å². The van der Waals surface area contributed by atoms with Crippen molar-refractivity contribution in [3.63, 3.8) is 0 Å². The topological polar surface area (TPSA) is 90.3 Å². The van der Waals surface area contributed by atoms with Crippen LogP contribution in [-0.2, 0) is 16.1 Å². The summed E-state index contributed by atoms with van der Waals surface area (Å²) in [7, 11) is 1.27. The molecule has 0 fully saturated rings. The Morgan fingerprint density at radius 3 is 2.57 bits per heavy atom. The lowest BCUT2D eigenvalue weighted by atomic mass is 10.0. The number of nitrogens with zero attached hydrogens (tertiary/aromatic N) is 2. The van der Waals surface area contributed by atoms with Crippen LogP contribution in [-0.4, -0.2) is 34.8 Å². The fourth-order valence-corrected chi connectivity index (χ4v) is 1.78. The van der Waals surface area contributed by atoms with Gasteiger partial charge >= 0.3 is 5.97 Å². The molecule has 0 aromatic carbocycles. The first kappa shape index (κ1) is 16.9. The van der Waals surface area contributed by atoms with Crippen molar-refractivity contribution in [2.24, 2.45) is 5.92 Å². The fraction of sp³-hybridized carbons (Fsp3) is 0.571. The molecule has 1 aromatic rings. The third-order valence-corrected chi connectivity index (χ3v) is 2.94. The summed E-state index contributed by atoms with van der Waals surface area (Å²) in [5, 5.41) is 6.58. The van der Waals surface area contributed by atoms with Gasteiger partial charge in [0.25, 0.3) is 11.5 Å². The fourth-order valence-electron chi connectivity index (χ4n) is 1.78. The Morgan fingerprint density at radius 1 is 1.38 bits per heavy atom. The van der Waals surface area contributed by atoms with Crippen LogP contribution in [0.5, 0.6) is 0 Å². The third-order valence-electron chi connectivity index (χ3n) is 2.94. The number of carbonyl (C=O) groups is 2. The van der Waals surface area contributed by atoms with Gasteiger partial charge in [-0.25, -0.2) is 9.48 Å². The molecule has 1 rings (SSSR count). The smallest absolute Gasteiger partial charge is 0.328 e. The maximum absolute atomic E-state index is 12.2. The van der Waals surface area contributed by atoms with E-state index >= 15 is 0 Å². The molecule has 0 saturated carbocycles. The van der Waals surface area contributed by atoms with Gasteiger partial charge in [-0.1, -0.05) is 20.8 Å². The van der Waals surface area contributed by atoms with E-state index in [9.17, 15) is 14.4 Å². The number of hydrogen-bond donors (Lipinski definition) is 1. The summed E-state index contributed by atoms with van der Waals surface area (Å²) >= 11 is 0. The minimum Gasteiger partial charge on any atom is -0.467 e. The number of nitrogens with one attached hydrogen (secondary N) is 1. The van der Waals surface area contributed by atoms with Crippen molar-refractivity contribution in [1.82, 2.24) is 15.1 Å². The number of methoxy groups -OCH3 is 1. The molecule has 0 saturated heterocycles. The zero-order valence-electron chi connectivity index (χ0n) is 12.8. The Hall–Kier alpha value is -2.18. The molecule has 7 heteroatoms. The van der Waals surface area contributed by atoms with E-state index in [1.54, 1.807) is 13.8 Å². The molecule has 1 aromatic heterocycles. The van der Waals surface area contributed by atoms with Gasteiger partial charge in [0.05, 0.1) is 7.11 Å². The molecule has 0 bridgehead atoms. The van der Waals surface area contributed by atoms with E-state index in [2.05, 4.69) is 15.2 Å². The van der Waals surface area contributed by atoms with Gasteiger partial charge < -0.3 is 10.1 Å². The van der Waals surface area contributed by atoms with Gasteiger partial charge in [-0.15, -0.1) is 0 Å². The zero-order valence-corrected chi connectivity index (χ0v) is 12.8. The second-order valence-electron chi connectivity index (χ2n) is 5.00. The minimum atomic E-state index is -0.754. The number of aromatic nitrogens is 2. The molecule has 21 heavy (non-hydrogen) atoms. The second-order valence-corrected chi connectivity index (χ2v) is 5.00. The number of esters is 1. The molecule has 0 aliphatic heterocycles. The third kappa shape index (κ3) is 4.40. The van der Waals surface area contributed by atoms with Gasteiger partial charge in [0.1, 0.15) is 11.7 Å². The maximum atomic E-state index is 12.2. The number of ether oxygens (including phenoxy) is 1. The molecule has 1 heterocycles. The van der Waals surface area contributed by atoms with E-state index in [-0.39, 0.29) is 17.2 Å². The van der Waals surface area contributed by atoms with Crippen molar-refractivity contribution in [1.29, 1.82) is 0 Å². The average Bonchev–Trinajstić information content (AvgIpc) is 2.45. The number of hydrogen-bond acceptors (Lipinski definition) is 5. The average molecular weight is 295 g/mol. The molecule has 0 aliphatic rings. The predicted molar refractivity (Wildman–Crippen MR) is 76.9 cm³/mol. The number of carbonyl (C=O) groups excluding carboxylic acids is 2. The molecule has 7 nitrogen and oxygen atoms in total. The lowest BCUT2D eigenvalue weighted by Crippen LogP contribution is -2.45. The van der Waals surface area contributed by atoms with Crippen LogP contribution < -0.4 is 10.9 Å². The van der Waals surface area contributed by atoms with E-state index in [0.29, 0.717) is 6.54 Å². The summed E-state index contributed by atoms with van der Waals surface area (Å²) in [5.41, 5.74) is -0.167. The van der Waals surface area contributed by atoms with E-state index in [1.807, 2.05) is 6.92 Å². The summed E-state index contributed by atoms with van der Waals surface area (Å²) in [6, 6.07) is 1.88. The molecular formula is C14H21N3O4. The second kappa shape index (κ2) is 7.56. The Morgan fingerprint density at radius 2 is 2.05 bits per heavy atom. The van der Waals surface area contributed by atoms with Gasteiger partial charge in [-0.2, -0.15) is 5.10 Å². The number of rotatable bonds is 6. The molecule has 1 N–H and O–H groups in total. The highest BCUT2D eigenvalue weighted by atomic mass is 16.5. The van der Waals surface area contributed by atoms with Gasteiger partial charge in [0.2, 0.25) is 0 Å². The molecule has 0 spiro atoms. The molecule has 0 radical (unpaired) electrons. The van der Waals surface area contributed by atoms with E-state index in [1.165, 1.54) is 23.9 Å². The highest BCUT2D eigenvalue weighted by molar-refractivity contribution is 5.95. The SMILES string of the molecule is CCCn1nc(C(=O)NC(C(=O)OC)C(C)C)ccc1=O. The lowest BCUT2D eigenvalue weighted by molar-refractivity contribution is -0.144. The largest absolute Gasteiger partial charge is 0.467 e. The molecular weight excluding hydrogens is 274 g/mol. The molecule has 0 aliphatic carbocycles. The highest BCUT2D eigenvalue weighted by Crippen LogP contribution is 2.05. The monoisotopic (exact) mass is 295 g/mol. The predicted octanol–water partition coefficient (Wildman–Crippen LogP) is 0.581. The Kier molecular flexibility index (Phi) is 6.08. The lowest BCUT2D eigenvalue weighted by Gasteiger charge is -2.19. The molecule has 1 unspecified atom stereocenters. The summed E-state index contributed by atoms with van der Waals surface area (Å²) in [5.74, 6) is -1.15. The quantitative estimate of drug-likeness (QED) is 0.775. The van der Waals surface area contributed by atoms with E-state index in [4.69, 9.17) is 0 Å². The van der Waals surface area contributed by atoms with Crippen molar-refractivity contribution in [2.75, 3.05) is 7.11 Å². The van der Waals surface area contributed by atoms with Gasteiger partial charge in [-0.05, 0) is 18.4 Å². The zero-order chi connectivity index (χ0) is 16.0. The normalized spacial score (nSPS) is 12.0. The molecule has 1 atom stereocenters. The van der Waals surface area contributed by atoms with Crippen molar-refractivity contribution in [2.45, 2.75) is 39.8 Å². The van der Waals surface area contributed by atoms with Crippen LogP contribution in [0.1, 0.15) is 37.7 Å². The standard InChI is InChI=1S/C14H21N3O4/c1-5-8-17-11(18)7-6-10(16-17)13(19)15-12(9(2)3)14(20)21-4/h6-7,9,12H,5,8H2,1-4H3,(H,15,19). The van der Waals surface area contributed by atoms with Crippen molar-refractivity contribution < 1.29 is 14.3 Å². The first-order valence-corrected chi connectivity index (χ1v) is 6.87. The summed E-state index contributed by atoms with van der Waals surface area (Å²) in [6.45, 7) is 5.94. The first-order chi connectivity index (χ1) is 9.90. The van der Waals surface area contributed by atoms with E-state index < -0.39 is 17.9 Å². The Bertz CT molecular complexity index is 566. The Balaban J connectivity index is 2.95. The number of amides is 1. The van der Waals surface area contributed by atoms with E-state index in [0.717, 1.165) is 6.42 Å². The van der Waals surface area contributed by atoms with Crippen LogP contribution in [0, 0.1) is 5.92 Å². The maximum Gasteiger partial charge on any atom is 0.328 e. The van der Waals surface area contributed by atoms with Crippen molar-refractivity contribution in [3.8, 4) is 0 Å².